The van der Waals surface area contributed by atoms with Crippen LogP contribution in [-0.4, -0.2) is 24.8 Å². The molecule has 1 fully saturated rings. The molecule has 3 nitrogen and oxygen atoms in total. The molecule has 1 aromatic rings. The van der Waals surface area contributed by atoms with Crippen molar-refractivity contribution in [1.82, 2.24) is 0 Å². The Morgan fingerprint density at radius 2 is 2.00 bits per heavy atom. The summed E-state index contributed by atoms with van der Waals surface area (Å²) in [7, 11) is 1.38. The number of carbonyl (C=O) groups excluding carboxylic acids is 1. The molecule has 1 unspecified atom stereocenters. The van der Waals surface area contributed by atoms with Crippen LogP contribution in [0.3, 0.4) is 0 Å². The number of aliphatic hydroxyl groups excluding tert-OH is 1. The van der Waals surface area contributed by atoms with Crippen LogP contribution < -0.4 is 0 Å². The van der Waals surface area contributed by atoms with Crippen LogP contribution in [0, 0.1) is 5.41 Å². The number of methoxy groups -OCH3 is 1. The Kier molecular flexibility index (Phi) is 2.74. The number of benzene rings is 1. The average molecular weight is 234 g/mol. The summed E-state index contributed by atoms with van der Waals surface area (Å²) in [6, 6.07) is 7.38. The van der Waals surface area contributed by atoms with Crippen molar-refractivity contribution in [2.45, 2.75) is 25.7 Å². The number of carbonyl (C=O) groups is 1. The molecule has 1 aromatic carbocycles. The zero-order valence-electron chi connectivity index (χ0n) is 10.5. The summed E-state index contributed by atoms with van der Waals surface area (Å²) in [5.74, 6) is -0.337. The normalized spacial score (nSPS) is 25.4. The van der Waals surface area contributed by atoms with Crippen molar-refractivity contribution in [3.05, 3.63) is 35.4 Å². The lowest BCUT2D eigenvalue weighted by molar-refractivity contribution is 0.0597. The number of ether oxygens (including phenoxy) is 1. The van der Waals surface area contributed by atoms with E-state index >= 15 is 0 Å². The van der Waals surface area contributed by atoms with E-state index in [0.29, 0.717) is 5.56 Å². The summed E-state index contributed by atoms with van der Waals surface area (Å²) < 4.78 is 4.79. The molecular formula is C14H18O3. The highest BCUT2D eigenvalue weighted by molar-refractivity contribution is 5.91. The minimum Gasteiger partial charge on any atom is -0.465 e. The van der Waals surface area contributed by atoms with E-state index in [1.807, 2.05) is 18.2 Å². The second-order valence-electron chi connectivity index (χ2n) is 5.34. The van der Waals surface area contributed by atoms with Gasteiger partial charge in [-0.25, -0.2) is 4.79 Å². The fourth-order valence-corrected chi connectivity index (χ4v) is 2.71. The molecule has 0 bridgehead atoms. The second-order valence-corrected chi connectivity index (χ2v) is 5.34. The highest BCUT2D eigenvalue weighted by atomic mass is 16.5. The number of hydrogen-bond acceptors (Lipinski definition) is 3. The van der Waals surface area contributed by atoms with Gasteiger partial charge in [-0.3, -0.25) is 0 Å². The van der Waals surface area contributed by atoms with Crippen LogP contribution in [0.15, 0.2) is 24.3 Å². The van der Waals surface area contributed by atoms with Crippen LogP contribution in [0.2, 0.25) is 0 Å². The molecule has 0 amide bonds. The molecule has 2 rings (SSSR count). The van der Waals surface area contributed by atoms with Gasteiger partial charge in [-0.2, -0.15) is 0 Å². The molecule has 0 saturated heterocycles. The Hall–Kier alpha value is -1.35. The van der Waals surface area contributed by atoms with Crippen LogP contribution in [0.25, 0.3) is 0 Å². The second kappa shape index (κ2) is 3.84. The number of hydrogen-bond donors (Lipinski definition) is 1. The lowest BCUT2D eigenvalue weighted by atomic mass is 9.85. The first-order chi connectivity index (χ1) is 7.98. The van der Waals surface area contributed by atoms with E-state index in [4.69, 9.17) is 4.74 Å². The molecule has 1 N–H and O–H groups in total. The van der Waals surface area contributed by atoms with Crippen LogP contribution in [-0.2, 0) is 10.2 Å². The van der Waals surface area contributed by atoms with Crippen LogP contribution in [0.4, 0.5) is 0 Å². The fourth-order valence-electron chi connectivity index (χ4n) is 2.71. The summed E-state index contributed by atoms with van der Waals surface area (Å²) in [4.78, 5) is 11.7. The van der Waals surface area contributed by atoms with Crippen molar-refractivity contribution >= 4 is 5.97 Å². The van der Waals surface area contributed by atoms with Gasteiger partial charge in [-0.05, 0) is 23.5 Å². The van der Waals surface area contributed by atoms with E-state index in [9.17, 15) is 9.90 Å². The molecule has 1 aliphatic rings. The van der Waals surface area contributed by atoms with Crippen LogP contribution in [0.1, 0.15) is 36.2 Å². The average Bonchev–Trinajstić information content (AvgIpc) is 2.92. The summed E-state index contributed by atoms with van der Waals surface area (Å²) >= 11 is 0. The summed E-state index contributed by atoms with van der Waals surface area (Å²) in [6.45, 7) is 4.28. The SMILES string of the molecule is COC(=O)c1ccccc1C1(CO)CC1(C)C. The Labute approximate surface area is 101 Å². The summed E-state index contributed by atoms with van der Waals surface area (Å²) in [6.07, 6.45) is 0.893. The molecular weight excluding hydrogens is 216 g/mol. The maximum Gasteiger partial charge on any atom is 0.338 e. The minimum atomic E-state index is -0.337. The van der Waals surface area contributed by atoms with Gasteiger partial charge in [0.05, 0.1) is 19.3 Å². The monoisotopic (exact) mass is 234 g/mol. The predicted molar refractivity (Wildman–Crippen MR) is 64.9 cm³/mol. The molecule has 92 valence electrons. The third-order valence-electron chi connectivity index (χ3n) is 4.03. The van der Waals surface area contributed by atoms with E-state index in [0.717, 1.165) is 12.0 Å². The topological polar surface area (TPSA) is 46.5 Å². The predicted octanol–water partition coefficient (Wildman–Crippen LogP) is 2.13. The van der Waals surface area contributed by atoms with Crippen molar-refractivity contribution in [3.63, 3.8) is 0 Å². The fraction of sp³-hybridized carbons (Fsp3) is 0.500. The minimum absolute atomic E-state index is 0.0336. The first kappa shape index (κ1) is 12.1. The van der Waals surface area contributed by atoms with Crippen molar-refractivity contribution in [3.8, 4) is 0 Å². The van der Waals surface area contributed by atoms with Crippen molar-refractivity contribution in [1.29, 1.82) is 0 Å². The summed E-state index contributed by atoms with van der Waals surface area (Å²) in [5, 5.41) is 9.67. The third-order valence-corrected chi connectivity index (χ3v) is 4.03. The van der Waals surface area contributed by atoms with Gasteiger partial charge in [-0.1, -0.05) is 32.0 Å². The van der Waals surface area contributed by atoms with Gasteiger partial charge in [0.1, 0.15) is 0 Å². The van der Waals surface area contributed by atoms with Gasteiger partial charge in [0.25, 0.3) is 0 Å². The highest BCUT2D eigenvalue weighted by Crippen LogP contribution is 2.64. The smallest absolute Gasteiger partial charge is 0.338 e. The highest BCUT2D eigenvalue weighted by Gasteiger charge is 2.62. The molecule has 1 atom stereocenters. The third kappa shape index (κ3) is 1.65. The quantitative estimate of drug-likeness (QED) is 0.815. The van der Waals surface area contributed by atoms with Gasteiger partial charge in [0.15, 0.2) is 0 Å². The molecule has 0 spiro atoms. The summed E-state index contributed by atoms with van der Waals surface area (Å²) in [5.41, 5.74) is 1.21. The molecule has 3 heteroatoms. The van der Waals surface area contributed by atoms with Gasteiger partial charge in [0.2, 0.25) is 0 Å². The van der Waals surface area contributed by atoms with Crippen molar-refractivity contribution in [2.75, 3.05) is 13.7 Å². The zero-order chi connectivity index (χ0) is 12.7. The Bertz CT molecular complexity index is 451. The number of esters is 1. The molecule has 0 aliphatic heterocycles. The first-order valence-electron chi connectivity index (χ1n) is 5.77. The molecule has 0 radical (unpaired) electrons. The zero-order valence-corrected chi connectivity index (χ0v) is 10.5. The van der Waals surface area contributed by atoms with Gasteiger partial charge in [-0.15, -0.1) is 0 Å². The van der Waals surface area contributed by atoms with E-state index in [2.05, 4.69) is 13.8 Å². The standard InChI is InChI=1S/C14H18O3/c1-13(2)8-14(13,9-15)11-7-5-4-6-10(11)12(16)17-3/h4-7,15H,8-9H2,1-3H3. The Balaban J connectivity index is 2.50. The van der Waals surface area contributed by atoms with Crippen LogP contribution in [0.5, 0.6) is 0 Å². The molecule has 0 aromatic heterocycles. The lowest BCUT2D eigenvalue weighted by Gasteiger charge is -2.20. The van der Waals surface area contributed by atoms with Gasteiger partial charge in [0, 0.05) is 5.41 Å². The van der Waals surface area contributed by atoms with Crippen LogP contribution >= 0.6 is 0 Å². The van der Waals surface area contributed by atoms with Gasteiger partial charge >= 0.3 is 5.97 Å². The lowest BCUT2D eigenvalue weighted by Crippen LogP contribution is -2.22. The number of rotatable bonds is 3. The largest absolute Gasteiger partial charge is 0.465 e. The number of aliphatic hydroxyl groups is 1. The van der Waals surface area contributed by atoms with Gasteiger partial charge < -0.3 is 9.84 Å². The van der Waals surface area contributed by atoms with Crippen molar-refractivity contribution in [2.24, 2.45) is 5.41 Å². The van der Waals surface area contributed by atoms with E-state index in [1.165, 1.54) is 7.11 Å². The van der Waals surface area contributed by atoms with E-state index < -0.39 is 0 Å². The van der Waals surface area contributed by atoms with E-state index in [-0.39, 0.29) is 23.4 Å². The molecule has 1 saturated carbocycles. The Morgan fingerprint density at radius 1 is 1.41 bits per heavy atom. The maximum atomic E-state index is 11.7. The molecule has 1 aliphatic carbocycles. The van der Waals surface area contributed by atoms with Crippen molar-refractivity contribution < 1.29 is 14.6 Å². The Morgan fingerprint density at radius 3 is 2.47 bits per heavy atom. The van der Waals surface area contributed by atoms with E-state index in [1.54, 1.807) is 6.07 Å². The first-order valence-corrected chi connectivity index (χ1v) is 5.77. The molecule has 0 heterocycles. The maximum absolute atomic E-state index is 11.7. The molecule has 17 heavy (non-hydrogen) atoms.